The molecule has 2 nitrogen and oxygen atoms in total. The van der Waals surface area contributed by atoms with Gasteiger partial charge in [-0.25, -0.2) is 0 Å². The molecule has 36 heavy (non-hydrogen) atoms. The molecular formula is C34H36N2. The number of rotatable bonds is 4. The van der Waals surface area contributed by atoms with Gasteiger partial charge in [0.2, 0.25) is 0 Å². The van der Waals surface area contributed by atoms with Gasteiger partial charge in [-0.3, -0.25) is 0 Å². The van der Waals surface area contributed by atoms with Crippen molar-refractivity contribution in [2.24, 2.45) is 0 Å². The Balaban J connectivity index is 0.000000307. The number of benzene rings is 5. The summed E-state index contributed by atoms with van der Waals surface area (Å²) < 4.78 is 0. The van der Waals surface area contributed by atoms with Gasteiger partial charge in [0.1, 0.15) is 0 Å². The largest absolute Gasteiger partial charge is 0.399 e. The van der Waals surface area contributed by atoms with E-state index < -0.39 is 0 Å². The number of hydrogen-bond acceptors (Lipinski definition) is 2. The molecule has 5 aromatic carbocycles. The standard InChI is InChI=1S/C26H22.C8H11N.H3N/c1-19-11-15-22(16-12-19)25-10-6-9-24(21-7-4-3-5-8-21)26(25)23-17-13-20(2)14-18-23;1-2-7-3-5-8(9)6-4-7;/h3-18H,1-2H3;3-6H,2,9H2,1H3;1H3. The summed E-state index contributed by atoms with van der Waals surface area (Å²) in [7, 11) is 0. The predicted octanol–water partition coefficient (Wildman–Crippen LogP) is 9.30. The monoisotopic (exact) mass is 472 g/mol. The fraction of sp³-hybridized carbons (Fsp3) is 0.118. The van der Waals surface area contributed by atoms with Crippen LogP contribution >= 0.6 is 0 Å². The van der Waals surface area contributed by atoms with Crippen LogP contribution in [0.1, 0.15) is 23.6 Å². The Hall–Kier alpha value is -4.14. The third-order valence-electron chi connectivity index (χ3n) is 6.24. The fourth-order valence-electron chi connectivity index (χ4n) is 4.17. The Morgan fingerprint density at radius 2 is 0.972 bits per heavy atom. The average molecular weight is 473 g/mol. The highest BCUT2D eigenvalue weighted by molar-refractivity contribution is 5.94. The van der Waals surface area contributed by atoms with Crippen molar-refractivity contribution in [3.05, 3.63) is 138 Å². The Bertz CT molecular complexity index is 1350. The summed E-state index contributed by atoms with van der Waals surface area (Å²) in [5.74, 6) is 0. The van der Waals surface area contributed by atoms with Gasteiger partial charge in [0.15, 0.2) is 0 Å². The molecule has 5 aromatic rings. The molecular weight excluding hydrogens is 436 g/mol. The minimum atomic E-state index is 0. The zero-order valence-electron chi connectivity index (χ0n) is 21.5. The smallest absolute Gasteiger partial charge is 0.0314 e. The molecule has 0 bridgehead atoms. The van der Waals surface area contributed by atoms with Gasteiger partial charge < -0.3 is 11.9 Å². The van der Waals surface area contributed by atoms with Crippen LogP contribution in [-0.4, -0.2) is 0 Å². The highest BCUT2D eigenvalue weighted by Crippen LogP contribution is 2.40. The summed E-state index contributed by atoms with van der Waals surface area (Å²) in [4.78, 5) is 0. The quantitative estimate of drug-likeness (QED) is 0.256. The van der Waals surface area contributed by atoms with E-state index in [2.05, 4.69) is 130 Å². The van der Waals surface area contributed by atoms with Crippen LogP contribution in [0.4, 0.5) is 5.69 Å². The lowest BCUT2D eigenvalue weighted by Gasteiger charge is -2.16. The van der Waals surface area contributed by atoms with E-state index in [4.69, 9.17) is 5.73 Å². The van der Waals surface area contributed by atoms with Crippen molar-refractivity contribution in [1.29, 1.82) is 0 Å². The van der Waals surface area contributed by atoms with Crippen molar-refractivity contribution in [3.63, 3.8) is 0 Å². The fourth-order valence-corrected chi connectivity index (χ4v) is 4.17. The van der Waals surface area contributed by atoms with Gasteiger partial charge in [0.05, 0.1) is 0 Å². The topological polar surface area (TPSA) is 61.0 Å². The van der Waals surface area contributed by atoms with Crippen LogP contribution in [0, 0.1) is 13.8 Å². The summed E-state index contributed by atoms with van der Waals surface area (Å²) in [5.41, 5.74) is 17.8. The number of nitrogen functional groups attached to an aromatic ring is 1. The van der Waals surface area contributed by atoms with E-state index in [1.807, 2.05) is 12.1 Å². The van der Waals surface area contributed by atoms with Gasteiger partial charge in [0.25, 0.3) is 0 Å². The second-order valence-corrected chi connectivity index (χ2v) is 8.92. The molecule has 0 amide bonds. The lowest BCUT2D eigenvalue weighted by Crippen LogP contribution is -1.91. The van der Waals surface area contributed by atoms with E-state index in [1.165, 1.54) is 50.1 Å². The van der Waals surface area contributed by atoms with Crippen LogP contribution < -0.4 is 11.9 Å². The van der Waals surface area contributed by atoms with Gasteiger partial charge in [-0.15, -0.1) is 0 Å². The molecule has 0 radical (unpaired) electrons. The van der Waals surface area contributed by atoms with Crippen LogP contribution in [0.15, 0.2) is 121 Å². The minimum absolute atomic E-state index is 0. The maximum atomic E-state index is 5.48. The number of aryl methyl sites for hydroxylation is 3. The molecule has 0 saturated carbocycles. The van der Waals surface area contributed by atoms with Gasteiger partial charge >= 0.3 is 0 Å². The molecule has 0 aliphatic rings. The van der Waals surface area contributed by atoms with Crippen molar-refractivity contribution in [2.75, 3.05) is 5.73 Å². The highest BCUT2D eigenvalue weighted by atomic mass is 14.5. The first-order valence-electron chi connectivity index (χ1n) is 12.2. The Morgan fingerprint density at radius 1 is 0.500 bits per heavy atom. The first-order valence-corrected chi connectivity index (χ1v) is 12.2. The maximum absolute atomic E-state index is 5.48. The lowest BCUT2D eigenvalue weighted by molar-refractivity contribution is 1.14. The van der Waals surface area contributed by atoms with E-state index in [9.17, 15) is 0 Å². The zero-order chi connectivity index (χ0) is 24.6. The van der Waals surface area contributed by atoms with E-state index in [0.717, 1.165) is 12.1 Å². The van der Waals surface area contributed by atoms with Crippen molar-refractivity contribution in [3.8, 4) is 33.4 Å². The molecule has 0 saturated heterocycles. The van der Waals surface area contributed by atoms with E-state index >= 15 is 0 Å². The Morgan fingerprint density at radius 3 is 1.47 bits per heavy atom. The minimum Gasteiger partial charge on any atom is -0.399 e. The second kappa shape index (κ2) is 12.5. The average Bonchev–Trinajstić information content (AvgIpc) is 2.91. The van der Waals surface area contributed by atoms with E-state index in [0.29, 0.717) is 0 Å². The molecule has 0 unspecified atom stereocenters. The Labute approximate surface area is 216 Å². The summed E-state index contributed by atoms with van der Waals surface area (Å²) in [6.07, 6.45) is 1.08. The highest BCUT2D eigenvalue weighted by Gasteiger charge is 2.13. The third kappa shape index (κ3) is 6.50. The molecule has 2 heteroatoms. The molecule has 0 aliphatic heterocycles. The first-order chi connectivity index (χ1) is 17.0. The predicted molar refractivity (Wildman–Crippen MR) is 157 cm³/mol. The van der Waals surface area contributed by atoms with Gasteiger partial charge in [-0.05, 0) is 71.3 Å². The first kappa shape index (κ1) is 26.5. The Kier molecular flexibility index (Phi) is 9.21. The molecule has 5 rings (SSSR count). The van der Waals surface area contributed by atoms with Crippen molar-refractivity contribution in [1.82, 2.24) is 6.15 Å². The molecule has 0 spiro atoms. The van der Waals surface area contributed by atoms with Gasteiger partial charge in [-0.1, -0.05) is 127 Å². The van der Waals surface area contributed by atoms with Gasteiger partial charge in [0, 0.05) is 5.69 Å². The second-order valence-electron chi connectivity index (χ2n) is 8.92. The third-order valence-corrected chi connectivity index (χ3v) is 6.24. The number of hydrogen-bond donors (Lipinski definition) is 2. The molecule has 5 N–H and O–H groups in total. The van der Waals surface area contributed by atoms with Crippen LogP contribution in [0.5, 0.6) is 0 Å². The SMILES string of the molecule is CCc1ccc(N)cc1.Cc1ccc(-c2cccc(-c3ccccc3)c2-c2ccc(C)cc2)cc1.N. The van der Waals surface area contributed by atoms with Crippen molar-refractivity contribution < 1.29 is 0 Å². The van der Waals surface area contributed by atoms with Crippen LogP contribution in [0.25, 0.3) is 33.4 Å². The normalized spacial score (nSPS) is 10.1. The lowest BCUT2D eigenvalue weighted by atomic mass is 9.87. The molecule has 0 aliphatic carbocycles. The van der Waals surface area contributed by atoms with E-state index in [1.54, 1.807) is 0 Å². The number of nitrogens with two attached hydrogens (primary N) is 1. The maximum Gasteiger partial charge on any atom is 0.0314 e. The number of anilines is 1. The molecule has 0 heterocycles. The van der Waals surface area contributed by atoms with Crippen LogP contribution in [0.3, 0.4) is 0 Å². The van der Waals surface area contributed by atoms with Crippen LogP contribution in [-0.2, 0) is 6.42 Å². The van der Waals surface area contributed by atoms with Gasteiger partial charge in [-0.2, -0.15) is 0 Å². The molecule has 0 fully saturated rings. The zero-order valence-corrected chi connectivity index (χ0v) is 21.5. The summed E-state index contributed by atoms with van der Waals surface area (Å²) in [6, 6.07) is 42.9. The molecule has 0 atom stereocenters. The van der Waals surface area contributed by atoms with Crippen LogP contribution in [0.2, 0.25) is 0 Å². The molecule has 182 valence electrons. The molecule has 0 aromatic heterocycles. The summed E-state index contributed by atoms with van der Waals surface area (Å²) in [5, 5.41) is 0. The van der Waals surface area contributed by atoms with E-state index in [-0.39, 0.29) is 6.15 Å². The van der Waals surface area contributed by atoms with Crippen molar-refractivity contribution in [2.45, 2.75) is 27.2 Å². The van der Waals surface area contributed by atoms with Crippen molar-refractivity contribution >= 4 is 5.69 Å². The summed E-state index contributed by atoms with van der Waals surface area (Å²) >= 11 is 0. The summed E-state index contributed by atoms with van der Waals surface area (Å²) in [6.45, 7) is 6.39.